The highest BCUT2D eigenvalue weighted by Gasteiger charge is 2.10. The van der Waals surface area contributed by atoms with Crippen molar-refractivity contribution in [3.05, 3.63) is 29.8 Å². The Labute approximate surface area is 105 Å². The molecular weight excluding hydrogens is 210 g/mol. The average Bonchev–Trinajstić information content (AvgIpc) is 2.29. The molecule has 0 radical (unpaired) electrons. The number of benzene rings is 1. The van der Waals surface area contributed by atoms with E-state index in [4.69, 9.17) is 4.74 Å². The van der Waals surface area contributed by atoms with Crippen molar-refractivity contribution < 1.29 is 4.74 Å². The molecule has 0 saturated heterocycles. The Balaban J connectivity index is 2.58. The van der Waals surface area contributed by atoms with Crippen molar-refractivity contribution in [1.29, 1.82) is 0 Å². The number of nitrogens with one attached hydrogen (secondary N) is 1. The zero-order valence-corrected chi connectivity index (χ0v) is 11.5. The number of hydrogen-bond donors (Lipinski definition) is 1. The van der Waals surface area contributed by atoms with E-state index in [0.717, 1.165) is 24.8 Å². The predicted octanol–water partition coefficient (Wildman–Crippen LogP) is 3.78. The summed E-state index contributed by atoms with van der Waals surface area (Å²) in [6.45, 7) is 10.5. The van der Waals surface area contributed by atoms with Crippen LogP contribution < -0.4 is 10.1 Å². The number of hydrogen-bond acceptors (Lipinski definition) is 2. The fourth-order valence-corrected chi connectivity index (χ4v) is 1.82. The summed E-state index contributed by atoms with van der Waals surface area (Å²) in [5, 5.41) is 3.55. The first-order valence-electron chi connectivity index (χ1n) is 6.60. The minimum atomic E-state index is 0.344. The highest BCUT2D eigenvalue weighted by molar-refractivity contribution is 5.35. The van der Waals surface area contributed by atoms with Crippen molar-refractivity contribution in [2.75, 3.05) is 13.2 Å². The van der Waals surface area contributed by atoms with Crippen LogP contribution in [0.4, 0.5) is 0 Å². The van der Waals surface area contributed by atoms with Crippen molar-refractivity contribution in [2.24, 2.45) is 5.92 Å². The molecule has 1 rings (SSSR count). The highest BCUT2D eigenvalue weighted by atomic mass is 16.5. The average molecular weight is 235 g/mol. The van der Waals surface area contributed by atoms with E-state index in [1.165, 1.54) is 12.0 Å². The van der Waals surface area contributed by atoms with Gasteiger partial charge in [-0.2, -0.15) is 0 Å². The number of ether oxygens (including phenoxy) is 1. The van der Waals surface area contributed by atoms with Gasteiger partial charge in [0.15, 0.2) is 0 Å². The molecular formula is C15H25NO. The van der Waals surface area contributed by atoms with Crippen LogP contribution in [0.15, 0.2) is 24.3 Å². The third-order valence-corrected chi connectivity index (χ3v) is 2.86. The maximum Gasteiger partial charge on any atom is 0.124 e. The molecule has 0 bridgehead atoms. The van der Waals surface area contributed by atoms with E-state index >= 15 is 0 Å². The largest absolute Gasteiger partial charge is 0.494 e. The van der Waals surface area contributed by atoms with Gasteiger partial charge in [-0.25, -0.2) is 0 Å². The summed E-state index contributed by atoms with van der Waals surface area (Å²) in [5.41, 5.74) is 1.25. The van der Waals surface area contributed by atoms with E-state index in [0.29, 0.717) is 6.04 Å². The summed E-state index contributed by atoms with van der Waals surface area (Å²) in [4.78, 5) is 0. The second-order valence-electron chi connectivity index (χ2n) is 4.83. The van der Waals surface area contributed by atoms with Gasteiger partial charge in [-0.05, 0) is 38.8 Å². The van der Waals surface area contributed by atoms with Crippen LogP contribution in [-0.2, 0) is 0 Å². The smallest absolute Gasteiger partial charge is 0.124 e. The monoisotopic (exact) mass is 235 g/mol. The molecule has 1 N–H and O–H groups in total. The van der Waals surface area contributed by atoms with Gasteiger partial charge in [-0.1, -0.05) is 32.0 Å². The van der Waals surface area contributed by atoms with Crippen LogP contribution >= 0.6 is 0 Å². The lowest BCUT2D eigenvalue weighted by Crippen LogP contribution is -2.21. The van der Waals surface area contributed by atoms with E-state index in [1.807, 2.05) is 19.1 Å². The third kappa shape index (κ3) is 4.78. The second-order valence-corrected chi connectivity index (χ2v) is 4.83. The van der Waals surface area contributed by atoms with Crippen LogP contribution in [0.1, 0.15) is 45.7 Å². The molecule has 0 aliphatic carbocycles. The third-order valence-electron chi connectivity index (χ3n) is 2.86. The highest BCUT2D eigenvalue weighted by Crippen LogP contribution is 2.24. The number of para-hydroxylation sites is 1. The topological polar surface area (TPSA) is 21.3 Å². The fraction of sp³-hybridized carbons (Fsp3) is 0.600. The van der Waals surface area contributed by atoms with Crippen molar-refractivity contribution in [3.63, 3.8) is 0 Å². The summed E-state index contributed by atoms with van der Waals surface area (Å²) < 4.78 is 5.65. The lowest BCUT2D eigenvalue weighted by Gasteiger charge is -2.18. The molecule has 0 spiro atoms. The zero-order chi connectivity index (χ0) is 12.7. The maximum atomic E-state index is 5.65. The van der Waals surface area contributed by atoms with Crippen LogP contribution in [-0.4, -0.2) is 13.2 Å². The van der Waals surface area contributed by atoms with Crippen molar-refractivity contribution in [2.45, 2.75) is 40.2 Å². The first kappa shape index (κ1) is 14.0. The molecule has 2 heteroatoms. The molecule has 1 unspecified atom stereocenters. The van der Waals surface area contributed by atoms with E-state index in [1.54, 1.807) is 0 Å². The summed E-state index contributed by atoms with van der Waals surface area (Å²) in [6, 6.07) is 8.61. The van der Waals surface area contributed by atoms with Crippen LogP contribution in [0, 0.1) is 5.92 Å². The van der Waals surface area contributed by atoms with Gasteiger partial charge in [-0.3, -0.25) is 0 Å². The normalized spacial score (nSPS) is 12.8. The molecule has 96 valence electrons. The number of rotatable bonds is 7. The molecule has 0 saturated carbocycles. The summed E-state index contributed by atoms with van der Waals surface area (Å²) >= 11 is 0. The van der Waals surface area contributed by atoms with Gasteiger partial charge >= 0.3 is 0 Å². The molecule has 0 amide bonds. The van der Waals surface area contributed by atoms with Gasteiger partial charge in [-0.15, -0.1) is 0 Å². The van der Waals surface area contributed by atoms with Gasteiger partial charge in [0, 0.05) is 11.6 Å². The van der Waals surface area contributed by atoms with Gasteiger partial charge in [0.1, 0.15) is 5.75 Å². The quantitative estimate of drug-likeness (QED) is 0.776. The zero-order valence-electron chi connectivity index (χ0n) is 11.5. The summed E-state index contributed by atoms with van der Waals surface area (Å²) in [5.74, 6) is 1.75. The van der Waals surface area contributed by atoms with E-state index in [9.17, 15) is 0 Å². The Morgan fingerprint density at radius 1 is 1.18 bits per heavy atom. The maximum absolute atomic E-state index is 5.65. The Kier molecular flexibility index (Phi) is 6.06. The molecule has 2 nitrogen and oxygen atoms in total. The summed E-state index contributed by atoms with van der Waals surface area (Å²) in [7, 11) is 0. The Bertz CT molecular complexity index is 322. The predicted molar refractivity (Wildman–Crippen MR) is 73.5 cm³/mol. The lowest BCUT2D eigenvalue weighted by molar-refractivity contribution is 0.332. The first-order valence-corrected chi connectivity index (χ1v) is 6.60. The van der Waals surface area contributed by atoms with Gasteiger partial charge in [0.2, 0.25) is 0 Å². The molecule has 0 aliphatic heterocycles. The minimum absolute atomic E-state index is 0.344. The Hall–Kier alpha value is -1.02. The molecule has 0 fully saturated rings. The van der Waals surface area contributed by atoms with Crippen molar-refractivity contribution in [3.8, 4) is 5.75 Å². The molecule has 0 heterocycles. The van der Waals surface area contributed by atoms with Gasteiger partial charge in [0.05, 0.1) is 6.61 Å². The van der Waals surface area contributed by atoms with Crippen LogP contribution in [0.3, 0.4) is 0 Å². The van der Waals surface area contributed by atoms with E-state index in [2.05, 4.69) is 38.2 Å². The Morgan fingerprint density at radius 3 is 2.53 bits per heavy atom. The van der Waals surface area contributed by atoms with E-state index in [-0.39, 0.29) is 0 Å². The molecule has 1 aromatic rings. The lowest BCUT2D eigenvalue weighted by atomic mass is 10.1. The van der Waals surface area contributed by atoms with Crippen molar-refractivity contribution >= 4 is 0 Å². The van der Waals surface area contributed by atoms with Crippen LogP contribution in [0.5, 0.6) is 5.75 Å². The van der Waals surface area contributed by atoms with E-state index < -0.39 is 0 Å². The first-order chi connectivity index (χ1) is 8.15. The second kappa shape index (κ2) is 7.33. The molecule has 0 aliphatic rings. The SMILES string of the molecule is CCOc1ccccc1C(C)NCCC(C)C. The van der Waals surface area contributed by atoms with Gasteiger partial charge in [0.25, 0.3) is 0 Å². The molecule has 17 heavy (non-hydrogen) atoms. The Morgan fingerprint density at radius 2 is 1.88 bits per heavy atom. The van der Waals surface area contributed by atoms with Crippen molar-refractivity contribution in [1.82, 2.24) is 5.32 Å². The minimum Gasteiger partial charge on any atom is -0.494 e. The summed E-state index contributed by atoms with van der Waals surface area (Å²) in [6.07, 6.45) is 1.21. The fourth-order valence-electron chi connectivity index (χ4n) is 1.82. The molecule has 0 aromatic heterocycles. The molecule has 1 aromatic carbocycles. The standard InChI is InChI=1S/C15H25NO/c1-5-17-15-9-7-6-8-14(15)13(4)16-11-10-12(2)3/h6-9,12-13,16H,5,10-11H2,1-4H3. The molecule has 1 atom stereocenters. The van der Waals surface area contributed by atoms with Crippen LogP contribution in [0.25, 0.3) is 0 Å². The van der Waals surface area contributed by atoms with Crippen LogP contribution in [0.2, 0.25) is 0 Å². The van der Waals surface area contributed by atoms with Gasteiger partial charge < -0.3 is 10.1 Å².